The van der Waals surface area contributed by atoms with Crippen molar-refractivity contribution >= 4 is 29.2 Å². The number of nitro groups is 1. The predicted octanol–water partition coefficient (Wildman–Crippen LogP) is 3.97. The highest BCUT2D eigenvalue weighted by Crippen LogP contribution is 2.23. The summed E-state index contributed by atoms with van der Waals surface area (Å²) in [5.74, 6) is -1.26. The lowest BCUT2D eigenvalue weighted by Gasteiger charge is -2.09. The molecule has 3 rings (SSSR count). The van der Waals surface area contributed by atoms with Gasteiger partial charge >= 0.3 is 11.9 Å². The van der Waals surface area contributed by atoms with Crippen LogP contribution in [-0.4, -0.2) is 36.5 Å². The van der Waals surface area contributed by atoms with Gasteiger partial charge < -0.3 is 19.5 Å². The summed E-state index contributed by atoms with van der Waals surface area (Å²) in [5.41, 5.74) is -0.507. The number of nitrogens with zero attached hydrogens (tertiary/aromatic N) is 1. The number of ether oxygens (including phenoxy) is 3. The van der Waals surface area contributed by atoms with Gasteiger partial charge in [-0.05, 0) is 42.5 Å². The Kier molecular flexibility index (Phi) is 7.32. The summed E-state index contributed by atoms with van der Waals surface area (Å²) in [4.78, 5) is 46.4. The van der Waals surface area contributed by atoms with E-state index in [-0.39, 0.29) is 11.1 Å². The number of carbonyl (C=O) groups excluding carboxylic acids is 3. The van der Waals surface area contributed by atoms with Crippen LogP contribution in [0.1, 0.15) is 20.7 Å². The lowest BCUT2D eigenvalue weighted by Crippen LogP contribution is -2.21. The zero-order valence-electron chi connectivity index (χ0n) is 17.3. The van der Waals surface area contributed by atoms with Gasteiger partial charge in [-0.25, -0.2) is 9.59 Å². The maximum atomic E-state index is 12.3. The summed E-state index contributed by atoms with van der Waals surface area (Å²) in [5, 5.41) is 13.6. The van der Waals surface area contributed by atoms with Gasteiger partial charge in [0.2, 0.25) is 0 Å². The van der Waals surface area contributed by atoms with Crippen LogP contribution in [0.3, 0.4) is 0 Å². The minimum atomic E-state index is -1.01. The van der Waals surface area contributed by atoms with Gasteiger partial charge in [-0.3, -0.25) is 14.9 Å². The SMILES string of the molecule is COC(=O)c1cc(C(=O)OCC(=O)Nc2ccc(Oc3ccccc3)cc2)cc([N+](=O)[O-])c1. The smallest absolute Gasteiger partial charge is 0.338 e. The number of benzene rings is 3. The van der Waals surface area contributed by atoms with Crippen molar-refractivity contribution < 1.29 is 33.5 Å². The van der Waals surface area contributed by atoms with E-state index in [4.69, 9.17) is 9.47 Å². The standard InChI is InChI=1S/C23H18N2O8/c1-31-22(27)15-11-16(13-18(12-15)25(29)30)23(28)32-14-21(26)24-17-7-9-20(10-8-17)33-19-5-3-2-4-6-19/h2-13H,14H2,1H3,(H,24,26). The van der Waals surface area contributed by atoms with Crippen molar-refractivity contribution in [2.75, 3.05) is 19.0 Å². The Morgan fingerprint density at radius 2 is 1.48 bits per heavy atom. The molecule has 168 valence electrons. The lowest BCUT2D eigenvalue weighted by atomic mass is 10.1. The molecule has 0 aliphatic heterocycles. The van der Waals surface area contributed by atoms with Crippen molar-refractivity contribution in [1.29, 1.82) is 0 Å². The summed E-state index contributed by atoms with van der Waals surface area (Å²) in [7, 11) is 1.10. The van der Waals surface area contributed by atoms with Crippen LogP contribution in [0.4, 0.5) is 11.4 Å². The Labute approximate surface area is 187 Å². The van der Waals surface area contributed by atoms with Crippen LogP contribution in [0.5, 0.6) is 11.5 Å². The van der Waals surface area contributed by atoms with Gasteiger partial charge in [0.05, 0.1) is 23.2 Å². The number of non-ortho nitro benzene ring substituents is 1. The topological polar surface area (TPSA) is 134 Å². The van der Waals surface area contributed by atoms with E-state index in [0.717, 1.165) is 25.3 Å². The molecule has 10 heteroatoms. The molecule has 3 aromatic carbocycles. The molecule has 0 fully saturated rings. The fourth-order valence-electron chi connectivity index (χ4n) is 2.71. The third kappa shape index (κ3) is 6.37. The molecule has 0 saturated heterocycles. The zero-order valence-corrected chi connectivity index (χ0v) is 17.3. The molecule has 0 aromatic heterocycles. The molecule has 0 radical (unpaired) electrons. The van der Waals surface area contributed by atoms with E-state index >= 15 is 0 Å². The number of hydrogen-bond acceptors (Lipinski definition) is 8. The molecule has 1 N–H and O–H groups in total. The van der Waals surface area contributed by atoms with Crippen molar-refractivity contribution in [3.05, 3.63) is 94.0 Å². The quantitative estimate of drug-likeness (QED) is 0.309. The first-order valence-corrected chi connectivity index (χ1v) is 9.53. The summed E-state index contributed by atoms with van der Waals surface area (Å²) in [6.45, 7) is -0.642. The third-order valence-electron chi connectivity index (χ3n) is 4.24. The second-order valence-corrected chi connectivity index (χ2v) is 6.58. The Morgan fingerprint density at radius 3 is 2.09 bits per heavy atom. The maximum absolute atomic E-state index is 12.3. The van der Waals surface area contributed by atoms with E-state index in [1.807, 2.05) is 18.2 Å². The first-order chi connectivity index (χ1) is 15.9. The van der Waals surface area contributed by atoms with Crippen LogP contribution in [0, 0.1) is 10.1 Å². The number of nitrogens with one attached hydrogen (secondary N) is 1. The van der Waals surface area contributed by atoms with Crippen molar-refractivity contribution in [2.45, 2.75) is 0 Å². The van der Waals surface area contributed by atoms with Crippen LogP contribution in [0.25, 0.3) is 0 Å². The van der Waals surface area contributed by atoms with Gasteiger partial charge in [0, 0.05) is 17.8 Å². The van der Waals surface area contributed by atoms with E-state index in [9.17, 15) is 24.5 Å². The van der Waals surface area contributed by atoms with E-state index in [2.05, 4.69) is 10.1 Å². The number of methoxy groups -OCH3 is 1. The van der Waals surface area contributed by atoms with Gasteiger partial charge in [-0.15, -0.1) is 0 Å². The summed E-state index contributed by atoms with van der Waals surface area (Å²) < 4.78 is 15.1. The number of hydrogen-bond donors (Lipinski definition) is 1. The minimum Gasteiger partial charge on any atom is -0.465 e. The predicted molar refractivity (Wildman–Crippen MR) is 116 cm³/mol. The molecule has 33 heavy (non-hydrogen) atoms. The van der Waals surface area contributed by atoms with Crippen molar-refractivity contribution in [2.24, 2.45) is 0 Å². The van der Waals surface area contributed by atoms with E-state index in [0.29, 0.717) is 17.2 Å². The van der Waals surface area contributed by atoms with E-state index in [1.165, 1.54) is 0 Å². The molecule has 3 aromatic rings. The molecule has 0 heterocycles. The zero-order chi connectivity index (χ0) is 23.8. The third-order valence-corrected chi connectivity index (χ3v) is 4.24. The molecule has 1 amide bonds. The molecule has 0 aliphatic rings. The number of anilines is 1. The van der Waals surface area contributed by atoms with Gasteiger partial charge in [0.15, 0.2) is 6.61 Å². The Hall–Kier alpha value is -4.73. The van der Waals surface area contributed by atoms with Crippen LogP contribution < -0.4 is 10.1 Å². The Morgan fingerprint density at radius 1 is 0.879 bits per heavy atom. The van der Waals surface area contributed by atoms with Crippen molar-refractivity contribution in [1.82, 2.24) is 0 Å². The summed E-state index contributed by atoms with van der Waals surface area (Å²) in [6.07, 6.45) is 0. The lowest BCUT2D eigenvalue weighted by molar-refractivity contribution is -0.384. The molecule has 0 unspecified atom stereocenters. The largest absolute Gasteiger partial charge is 0.465 e. The van der Waals surface area contributed by atoms with E-state index < -0.39 is 35.1 Å². The normalized spacial score (nSPS) is 10.1. The molecule has 10 nitrogen and oxygen atoms in total. The minimum absolute atomic E-state index is 0.194. The van der Waals surface area contributed by atoms with Gasteiger partial charge in [-0.1, -0.05) is 18.2 Å². The van der Waals surface area contributed by atoms with E-state index in [1.54, 1.807) is 36.4 Å². The van der Waals surface area contributed by atoms with Gasteiger partial charge in [0.1, 0.15) is 11.5 Å². The number of rotatable bonds is 8. The number of para-hydroxylation sites is 1. The number of esters is 2. The van der Waals surface area contributed by atoms with Crippen molar-refractivity contribution in [3.8, 4) is 11.5 Å². The Bertz CT molecular complexity index is 1180. The molecular formula is C23H18N2O8. The highest BCUT2D eigenvalue weighted by Gasteiger charge is 2.20. The number of nitro benzene ring substituents is 1. The molecule has 0 bridgehead atoms. The molecule has 0 atom stereocenters. The molecule has 0 aliphatic carbocycles. The average Bonchev–Trinajstić information content (AvgIpc) is 2.83. The summed E-state index contributed by atoms with van der Waals surface area (Å²) in [6, 6.07) is 18.7. The second kappa shape index (κ2) is 10.5. The molecule has 0 spiro atoms. The van der Waals surface area contributed by atoms with Gasteiger partial charge in [0.25, 0.3) is 11.6 Å². The van der Waals surface area contributed by atoms with Gasteiger partial charge in [-0.2, -0.15) is 0 Å². The monoisotopic (exact) mass is 450 g/mol. The first-order valence-electron chi connectivity index (χ1n) is 9.53. The van der Waals surface area contributed by atoms with Crippen LogP contribution in [0.2, 0.25) is 0 Å². The fourth-order valence-corrected chi connectivity index (χ4v) is 2.71. The van der Waals surface area contributed by atoms with Crippen LogP contribution in [0.15, 0.2) is 72.8 Å². The highest BCUT2D eigenvalue weighted by molar-refractivity contribution is 5.98. The number of amides is 1. The first kappa shape index (κ1) is 22.9. The average molecular weight is 450 g/mol. The van der Waals surface area contributed by atoms with Crippen molar-refractivity contribution in [3.63, 3.8) is 0 Å². The maximum Gasteiger partial charge on any atom is 0.338 e. The van der Waals surface area contributed by atoms with Crippen LogP contribution >= 0.6 is 0 Å². The molecular weight excluding hydrogens is 432 g/mol. The second-order valence-electron chi connectivity index (χ2n) is 6.58. The molecule has 0 saturated carbocycles. The number of carbonyl (C=O) groups is 3. The fraction of sp³-hybridized carbons (Fsp3) is 0.0870. The summed E-state index contributed by atoms with van der Waals surface area (Å²) >= 11 is 0. The Balaban J connectivity index is 1.58. The van der Waals surface area contributed by atoms with Crippen LogP contribution in [-0.2, 0) is 14.3 Å². The highest BCUT2D eigenvalue weighted by atomic mass is 16.6.